The molecular weight excluding hydrogens is 548 g/mol. The van der Waals surface area contributed by atoms with Crippen LogP contribution in [-0.2, 0) is 33.3 Å². The standard InChI is InChI=1S/C31H38O11/c1-15-19(34)13-31(38)26(41-27(37)18-10-8-7-9-11-18)24-29(6,20(35)12-21-30(24,14-39-21)42-17(3)33)25(36)23(40-16(2)32)22(15)28(31,4)5/h7-11,19-21,23-24,26,34-35,38H,12-14H2,1-6H3/t19?,20?,21?,23?,24-,26?,29+,30-,31+/m0/s1. The van der Waals surface area contributed by atoms with Crippen LogP contribution in [0.5, 0.6) is 0 Å². The first kappa shape index (κ1) is 30.3. The van der Waals surface area contributed by atoms with Crippen molar-refractivity contribution in [1.82, 2.24) is 0 Å². The zero-order valence-corrected chi connectivity index (χ0v) is 24.6. The molecule has 11 heteroatoms. The highest BCUT2D eigenvalue weighted by Crippen LogP contribution is 2.64. The van der Waals surface area contributed by atoms with Crippen molar-refractivity contribution in [3.05, 3.63) is 47.0 Å². The fraction of sp³-hybridized carbons (Fsp3) is 0.613. The monoisotopic (exact) mass is 586 g/mol. The fourth-order valence-electron chi connectivity index (χ4n) is 7.91. The second-order valence-electron chi connectivity index (χ2n) is 12.8. The normalized spacial score (nSPS) is 40.4. The van der Waals surface area contributed by atoms with Crippen molar-refractivity contribution in [3.8, 4) is 0 Å². The van der Waals surface area contributed by atoms with Crippen molar-refractivity contribution >= 4 is 23.7 Å². The van der Waals surface area contributed by atoms with Crippen LogP contribution in [0, 0.1) is 16.7 Å². The molecule has 0 spiro atoms. The molecule has 42 heavy (non-hydrogen) atoms. The molecule has 0 amide bonds. The van der Waals surface area contributed by atoms with Crippen molar-refractivity contribution in [1.29, 1.82) is 0 Å². The van der Waals surface area contributed by atoms with E-state index in [2.05, 4.69) is 0 Å². The number of aliphatic hydroxyl groups excluding tert-OH is 2. The number of rotatable bonds is 4. The molecule has 11 nitrogen and oxygen atoms in total. The predicted octanol–water partition coefficient (Wildman–Crippen LogP) is 1.65. The smallest absolute Gasteiger partial charge is 0.338 e. The summed E-state index contributed by atoms with van der Waals surface area (Å²) in [6, 6.07) is 8.05. The molecule has 3 aliphatic carbocycles. The van der Waals surface area contributed by atoms with E-state index in [0.29, 0.717) is 5.57 Å². The Balaban J connectivity index is 1.84. The third-order valence-electron chi connectivity index (χ3n) is 10.2. The van der Waals surface area contributed by atoms with Gasteiger partial charge < -0.3 is 34.3 Å². The van der Waals surface area contributed by atoms with Gasteiger partial charge in [-0.05, 0) is 37.1 Å². The quantitative estimate of drug-likeness (QED) is 0.267. The van der Waals surface area contributed by atoms with Crippen LogP contribution in [-0.4, -0.2) is 87.3 Å². The van der Waals surface area contributed by atoms with Gasteiger partial charge in [-0.25, -0.2) is 4.79 Å². The van der Waals surface area contributed by atoms with Crippen LogP contribution in [0.3, 0.4) is 0 Å². The van der Waals surface area contributed by atoms with Gasteiger partial charge in [-0.3, -0.25) is 14.4 Å². The minimum Gasteiger partial charge on any atom is -0.455 e. The van der Waals surface area contributed by atoms with Crippen molar-refractivity contribution in [2.45, 2.75) is 96.1 Å². The first-order valence-electron chi connectivity index (χ1n) is 14.1. The molecule has 9 atom stereocenters. The Labute approximate surface area is 243 Å². The topological polar surface area (TPSA) is 166 Å². The molecule has 5 unspecified atom stereocenters. The number of ketones is 1. The molecule has 1 aromatic carbocycles. The maximum Gasteiger partial charge on any atom is 0.338 e. The van der Waals surface area contributed by atoms with Gasteiger partial charge in [0.1, 0.15) is 17.8 Å². The highest BCUT2D eigenvalue weighted by atomic mass is 16.6. The lowest BCUT2D eigenvalue weighted by Crippen LogP contribution is -2.81. The van der Waals surface area contributed by atoms with Crippen LogP contribution in [0.1, 0.15) is 64.7 Å². The molecule has 1 aliphatic heterocycles. The molecule has 228 valence electrons. The number of esters is 3. The number of carbonyl (C=O) groups is 4. The van der Waals surface area contributed by atoms with Crippen LogP contribution in [0.25, 0.3) is 0 Å². The Kier molecular flexibility index (Phi) is 7.20. The van der Waals surface area contributed by atoms with Gasteiger partial charge in [-0.2, -0.15) is 0 Å². The molecule has 1 aromatic rings. The SMILES string of the molecule is CC(=O)OC1C(=O)[C@]2(C)C(O)CC3OC[C@@]3(OC(C)=O)[C@H]2C(OC(=O)c2ccccc2)[C@]2(O)CC(O)C(C)=C1C2(C)C. The van der Waals surface area contributed by atoms with E-state index in [0.717, 1.165) is 6.92 Å². The van der Waals surface area contributed by atoms with Gasteiger partial charge in [0.15, 0.2) is 17.5 Å². The average molecular weight is 587 g/mol. The summed E-state index contributed by atoms with van der Waals surface area (Å²) in [5, 5.41) is 35.8. The molecule has 1 heterocycles. The van der Waals surface area contributed by atoms with Crippen molar-refractivity contribution in [2.75, 3.05) is 6.61 Å². The summed E-state index contributed by atoms with van der Waals surface area (Å²) in [4.78, 5) is 53.4. The minimum atomic E-state index is -2.11. The molecule has 4 aliphatic rings. The van der Waals surface area contributed by atoms with Crippen molar-refractivity contribution in [2.24, 2.45) is 16.7 Å². The average Bonchev–Trinajstić information content (AvgIpc) is 2.90. The molecule has 3 fully saturated rings. The van der Waals surface area contributed by atoms with E-state index in [1.165, 1.54) is 26.0 Å². The van der Waals surface area contributed by atoms with Gasteiger partial charge >= 0.3 is 17.9 Å². The largest absolute Gasteiger partial charge is 0.455 e. The van der Waals surface area contributed by atoms with E-state index in [4.69, 9.17) is 18.9 Å². The Bertz CT molecular complexity index is 1350. The van der Waals surface area contributed by atoms with Crippen LogP contribution in [0.15, 0.2) is 41.5 Å². The van der Waals surface area contributed by atoms with E-state index in [9.17, 15) is 34.5 Å². The lowest BCUT2D eigenvalue weighted by Gasteiger charge is -2.67. The third kappa shape index (κ3) is 4.08. The van der Waals surface area contributed by atoms with Gasteiger partial charge in [-0.1, -0.05) is 32.0 Å². The molecule has 0 aromatic heterocycles. The van der Waals surface area contributed by atoms with E-state index in [1.807, 2.05) is 0 Å². The summed E-state index contributed by atoms with van der Waals surface area (Å²) < 4.78 is 23.5. The fourth-order valence-corrected chi connectivity index (χ4v) is 7.91. The summed E-state index contributed by atoms with van der Waals surface area (Å²) >= 11 is 0. The number of Topliss-reactive ketones (excluding diaryl/α,β-unsaturated/α-hetero) is 1. The Morgan fingerprint density at radius 2 is 1.64 bits per heavy atom. The third-order valence-corrected chi connectivity index (χ3v) is 10.2. The van der Waals surface area contributed by atoms with Crippen LogP contribution in [0.2, 0.25) is 0 Å². The Morgan fingerprint density at radius 3 is 2.19 bits per heavy atom. The van der Waals surface area contributed by atoms with Crippen LogP contribution >= 0.6 is 0 Å². The molecule has 0 radical (unpaired) electrons. The second-order valence-corrected chi connectivity index (χ2v) is 12.8. The maximum atomic E-state index is 14.8. The van der Waals surface area contributed by atoms with E-state index in [-0.39, 0.29) is 30.6 Å². The summed E-state index contributed by atoms with van der Waals surface area (Å²) in [6.45, 7) is 8.42. The molecule has 3 N–H and O–H groups in total. The van der Waals surface area contributed by atoms with Crippen molar-refractivity contribution in [3.63, 3.8) is 0 Å². The Morgan fingerprint density at radius 1 is 1.00 bits per heavy atom. The molecule has 1 saturated heterocycles. The van der Waals surface area contributed by atoms with Crippen LogP contribution < -0.4 is 0 Å². The summed E-state index contributed by atoms with van der Waals surface area (Å²) in [7, 11) is 0. The lowest BCUT2D eigenvalue weighted by molar-refractivity contribution is -0.345. The van der Waals surface area contributed by atoms with Crippen LogP contribution in [0.4, 0.5) is 0 Å². The Hall–Kier alpha value is -3.12. The number of hydrogen-bond acceptors (Lipinski definition) is 11. The lowest BCUT2D eigenvalue weighted by atomic mass is 9.44. The molecular formula is C31H38O11. The number of aliphatic hydroxyl groups is 3. The first-order valence-corrected chi connectivity index (χ1v) is 14.1. The summed E-state index contributed by atoms with van der Waals surface area (Å²) in [5.74, 6) is -4.41. The highest BCUT2D eigenvalue weighted by molar-refractivity contribution is 5.95. The summed E-state index contributed by atoms with van der Waals surface area (Å²) in [5.41, 5.74) is -6.38. The van der Waals surface area contributed by atoms with Gasteiger partial charge in [0, 0.05) is 32.1 Å². The number of fused-ring (bicyclic) bond motifs is 5. The minimum absolute atomic E-state index is 0.110. The molecule has 5 rings (SSSR count). The number of carbonyl (C=O) groups excluding carboxylic acids is 4. The predicted molar refractivity (Wildman–Crippen MR) is 145 cm³/mol. The van der Waals surface area contributed by atoms with Gasteiger partial charge in [0.25, 0.3) is 0 Å². The van der Waals surface area contributed by atoms with Gasteiger partial charge in [0.05, 0.1) is 35.7 Å². The molecule has 2 bridgehead atoms. The maximum absolute atomic E-state index is 14.8. The zero-order valence-electron chi connectivity index (χ0n) is 24.6. The number of hydrogen-bond donors (Lipinski definition) is 3. The van der Waals surface area contributed by atoms with Gasteiger partial charge in [-0.15, -0.1) is 0 Å². The molecule has 2 saturated carbocycles. The highest BCUT2D eigenvalue weighted by Gasteiger charge is 2.78. The first-order chi connectivity index (χ1) is 19.5. The summed E-state index contributed by atoms with van der Waals surface area (Å²) in [6.07, 6.45) is -7.27. The van der Waals surface area contributed by atoms with E-state index in [1.54, 1.807) is 39.0 Å². The zero-order chi connectivity index (χ0) is 31.0. The number of ether oxygens (including phenoxy) is 4. The van der Waals surface area contributed by atoms with E-state index < -0.39 is 82.2 Å². The van der Waals surface area contributed by atoms with Crippen molar-refractivity contribution < 1.29 is 53.4 Å². The van der Waals surface area contributed by atoms with Gasteiger partial charge in [0.2, 0.25) is 0 Å². The van der Waals surface area contributed by atoms with E-state index >= 15 is 0 Å². The second kappa shape index (κ2) is 9.97. The number of benzene rings is 1.